The van der Waals surface area contributed by atoms with Crippen LogP contribution in [-0.2, 0) is 27.9 Å². The van der Waals surface area contributed by atoms with Crippen LogP contribution in [0.2, 0.25) is 0 Å². The van der Waals surface area contributed by atoms with Gasteiger partial charge in [-0.1, -0.05) is 271 Å². The molecule has 0 heterocycles. The monoisotopic (exact) mass is 930 g/mol. The summed E-state index contributed by atoms with van der Waals surface area (Å²) in [6.07, 6.45) is 55.7. The number of hydrogen-bond acceptors (Lipinski definition) is 7. The molecule has 0 aliphatic carbocycles. The van der Waals surface area contributed by atoms with E-state index in [4.69, 9.17) is 18.5 Å². The summed E-state index contributed by atoms with van der Waals surface area (Å²) in [5.41, 5.74) is 0. The Hall–Kier alpha value is -0.500. The summed E-state index contributed by atoms with van der Waals surface area (Å²) in [6.45, 7) is 5.51. The molecule has 2 unspecified atom stereocenters. The first kappa shape index (κ1) is 63.5. The van der Waals surface area contributed by atoms with Crippen molar-refractivity contribution in [2.45, 2.75) is 296 Å². The van der Waals surface area contributed by atoms with Gasteiger partial charge in [-0.25, -0.2) is 0 Å². The van der Waals surface area contributed by atoms with Crippen LogP contribution in [0.4, 0.5) is 0 Å². The Balaban J connectivity index is 4.02. The number of rotatable bonds is 54. The quantitative estimate of drug-likeness (QED) is 0.0259. The highest BCUT2D eigenvalue weighted by atomic mass is 31.2. The highest BCUT2D eigenvalue weighted by molar-refractivity contribution is 7.45. The Kier molecular flexibility index (Phi) is 48.6. The fourth-order valence-corrected chi connectivity index (χ4v) is 9.28. The summed E-state index contributed by atoms with van der Waals surface area (Å²) in [6, 6.07) is 0. The molecule has 0 aliphatic rings. The topological polar surface area (TPSA) is 94.1 Å². The average molecular weight is 930 g/mol. The van der Waals surface area contributed by atoms with Crippen LogP contribution in [0.5, 0.6) is 0 Å². The standard InChI is InChI=1S/C55H112NO7P/c1-6-8-10-12-14-16-18-20-22-24-26-27-28-29-30-32-34-36-38-40-42-44-46-48-55(57)63-54(53-62-64(58,59)61-51-49-56(3,4)5)52-60-50-47-45-43-41-39-37-35-33-31-25-23-21-19-17-15-13-11-9-7-2/h54H,6-53H2,1-5H3. The highest BCUT2D eigenvalue weighted by Crippen LogP contribution is 2.38. The lowest BCUT2D eigenvalue weighted by atomic mass is 10.0. The van der Waals surface area contributed by atoms with Crippen LogP contribution in [0.25, 0.3) is 0 Å². The third-order valence-electron chi connectivity index (χ3n) is 12.9. The number of phosphoric acid groups is 1. The van der Waals surface area contributed by atoms with Gasteiger partial charge >= 0.3 is 5.97 Å². The maximum absolute atomic E-state index is 12.8. The van der Waals surface area contributed by atoms with Crippen LogP contribution in [0.15, 0.2) is 0 Å². The number of quaternary nitrogens is 1. The maximum atomic E-state index is 12.8. The Morgan fingerprint density at radius 1 is 0.422 bits per heavy atom. The fraction of sp³-hybridized carbons (Fsp3) is 0.982. The molecule has 0 rings (SSSR count). The first-order valence-corrected chi connectivity index (χ1v) is 29.7. The van der Waals surface area contributed by atoms with E-state index in [2.05, 4.69) is 13.8 Å². The van der Waals surface area contributed by atoms with Crippen LogP contribution >= 0.6 is 7.82 Å². The number of carbonyl (C=O) groups excluding carboxylic acids is 1. The van der Waals surface area contributed by atoms with E-state index in [1.807, 2.05) is 21.1 Å². The van der Waals surface area contributed by atoms with Crippen molar-refractivity contribution in [3.63, 3.8) is 0 Å². The van der Waals surface area contributed by atoms with Gasteiger partial charge < -0.3 is 27.9 Å². The van der Waals surface area contributed by atoms with Gasteiger partial charge in [-0.2, -0.15) is 0 Å². The molecule has 9 heteroatoms. The van der Waals surface area contributed by atoms with E-state index in [1.165, 1.54) is 238 Å². The van der Waals surface area contributed by atoms with Crippen LogP contribution in [-0.4, -0.2) is 70.7 Å². The molecule has 0 bridgehead atoms. The van der Waals surface area contributed by atoms with Gasteiger partial charge in [0.2, 0.25) is 0 Å². The van der Waals surface area contributed by atoms with Gasteiger partial charge in [0.15, 0.2) is 0 Å². The summed E-state index contributed by atoms with van der Waals surface area (Å²) in [4.78, 5) is 25.2. The lowest BCUT2D eigenvalue weighted by Gasteiger charge is -2.28. The summed E-state index contributed by atoms with van der Waals surface area (Å²) in [5, 5.41) is 0. The summed E-state index contributed by atoms with van der Waals surface area (Å²) in [5.74, 6) is -0.323. The minimum absolute atomic E-state index is 0.0319. The predicted octanol–water partition coefficient (Wildman–Crippen LogP) is 16.9. The third-order valence-corrected chi connectivity index (χ3v) is 13.9. The molecule has 64 heavy (non-hydrogen) atoms. The van der Waals surface area contributed by atoms with Gasteiger partial charge in [0, 0.05) is 13.0 Å². The highest BCUT2D eigenvalue weighted by Gasteiger charge is 2.20. The summed E-state index contributed by atoms with van der Waals surface area (Å²) < 4.78 is 34.8. The molecule has 0 aromatic heterocycles. The molecule has 0 aromatic carbocycles. The summed E-state index contributed by atoms with van der Waals surface area (Å²) in [7, 11) is 1.38. The summed E-state index contributed by atoms with van der Waals surface area (Å²) >= 11 is 0. The van der Waals surface area contributed by atoms with Gasteiger partial charge in [0.25, 0.3) is 7.82 Å². The lowest BCUT2D eigenvalue weighted by molar-refractivity contribution is -0.870. The zero-order valence-electron chi connectivity index (χ0n) is 43.8. The third kappa shape index (κ3) is 52.5. The zero-order valence-corrected chi connectivity index (χ0v) is 44.7. The van der Waals surface area contributed by atoms with Gasteiger partial charge in [-0.05, 0) is 12.8 Å². The molecule has 0 amide bonds. The van der Waals surface area contributed by atoms with Crippen LogP contribution in [0.1, 0.15) is 290 Å². The van der Waals surface area contributed by atoms with Crippen LogP contribution < -0.4 is 4.89 Å². The zero-order chi connectivity index (χ0) is 46.9. The average Bonchev–Trinajstić information content (AvgIpc) is 3.25. The van der Waals surface area contributed by atoms with Crippen molar-refractivity contribution in [2.24, 2.45) is 0 Å². The molecule has 8 nitrogen and oxygen atoms in total. The number of esters is 1. The smallest absolute Gasteiger partial charge is 0.306 e. The molecule has 0 aromatic rings. The second kappa shape index (κ2) is 48.9. The molecular weight excluding hydrogens is 818 g/mol. The van der Waals surface area contributed by atoms with Crippen molar-refractivity contribution >= 4 is 13.8 Å². The van der Waals surface area contributed by atoms with E-state index < -0.39 is 13.9 Å². The van der Waals surface area contributed by atoms with Crippen LogP contribution in [0.3, 0.4) is 0 Å². The van der Waals surface area contributed by atoms with Gasteiger partial charge in [-0.15, -0.1) is 0 Å². The number of ether oxygens (including phenoxy) is 2. The Labute approximate surface area is 399 Å². The Morgan fingerprint density at radius 2 is 0.719 bits per heavy atom. The Bertz CT molecular complexity index is 992. The number of phosphoric ester groups is 1. The Morgan fingerprint density at radius 3 is 1.03 bits per heavy atom. The predicted molar refractivity (Wildman–Crippen MR) is 273 cm³/mol. The molecule has 0 aliphatic heterocycles. The fourth-order valence-electron chi connectivity index (χ4n) is 8.55. The normalized spacial score (nSPS) is 13.4. The van der Waals surface area contributed by atoms with Crippen LogP contribution in [0, 0.1) is 0 Å². The minimum atomic E-state index is -4.52. The SMILES string of the molecule is CCCCCCCCCCCCCCCCCCCCCCCCCC(=O)OC(COCCCCCCCCCCCCCCCCCCCCC)COP(=O)([O-])OCC[N+](C)(C)C. The van der Waals surface area contributed by atoms with Crippen molar-refractivity contribution in [3.8, 4) is 0 Å². The molecule has 384 valence electrons. The largest absolute Gasteiger partial charge is 0.756 e. The molecule has 0 N–H and O–H groups in total. The van der Waals surface area contributed by atoms with Crippen molar-refractivity contribution in [1.29, 1.82) is 0 Å². The second-order valence-corrected chi connectivity index (χ2v) is 22.1. The van der Waals surface area contributed by atoms with Crippen molar-refractivity contribution in [3.05, 3.63) is 0 Å². The van der Waals surface area contributed by atoms with Crippen molar-refractivity contribution < 1.29 is 37.3 Å². The van der Waals surface area contributed by atoms with E-state index in [1.54, 1.807) is 0 Å². The first-order chi connectivity index (χ1) is 31.1. The second-order valence-electron chi connectivity index (χ2n) is 20.7. The number of unbranched alkanes of at least 4 members (excludes halogenated alkanes) is 40. The number of hydrogen-bond donors (Lipinski definition) is 0. The van der Waals surface area contributed by atoms with Gasteiger partial charge in [0.1, 0.15) is 19.3 Å². The molecular formula is C55H112NO7P. The maximum Gasteiger partial charge on any atom is 0.306 e. The van der Waals surface area contributed by atoms with E-state index in [-0.39, 0.29) is 25.8 Å². The minimum Gasteiger partial charge on any atom is -0.756 e. The molecule has 0 saturated heterocycles. The number of carbonyl (C=O) groups is 1. The lowest BCUT2D eigenvalue weighted by Crippen LogP contribution is -2.37. The van der Waals surface area contributed by atoms with Gasteiger partial charge in [0.05, 0.1) is 34.4 Å². The molecule has 0 spiro atoms. The first-order valence-electron chi connectivity index (χ1n) is 28.3. The molecule has 0 saturated carbocycles. The number of nitrogens with zero attached hydrogens (tertiary/aromatic N) is 1. The molecule has 0 fully saturated rings. The van der Waals surface area contributed by atoms with Crippen molar-refractivity contribution in [1.82, 2.24) is 0 Å². The number of likely N-dealkylation sites (N-methyl/N-ethyl adjacent to an activating group) is 1. The van der Waals surface area contributed by atoms with E-state index in [0.717, 1.165) is 32.1 Å². The van der Waals surface area contributed by atoms with E-state index >= 15 is 0 Å². The molecule has 0 radical (unpaired) electrons. The van der Waals surface area contributed by atoms with E-state index in [0.29, 0.717) is 24.1 Å². The van der Waals surface area contributed by atoms with Crippen molar-refractivity contribution in [2.75, 3.05) is 54.1 Å². The van der Waals surface area contributed by atoms with E-state index in [9.17, 15) is 14.3 Å². The van der Waals surface area contributed by atoms with Gasteiger partial charge in [-0.3, -0.25) is 9.36 Å². The molecule has 2 atom stereocenters.